The Labute approximate surface area is 143 Å². The van der Waals surface area contributed by atoms with Gasteiger partial charge in [-0.1, -0.05) is 34.9 Å². The van der Waals surface area contributed by atoms with E-state index in [-0.39, 0.29) is 25.1 Å². The lowest BCUT2D eigenvalue weighted by Gasteiger charge is -2.01. The number of fused-ring (bicyclic) bond motifs is 1. The quantitative estimate of drug-likeness (QED) is 0.788. The van der Waals surface area contributed by atoms with Crippen molar-refractivity contribution in [1.29, 1.82) is 0 Å². The van der Waals surface area contributed by atoms with Crippen LogP contribution in [0.25, 0.3) is 11.5 Å². The molecule has 126 valence electrons. The summed E-state index contributed by atoms with van der Waals surface area (Å²) in [5.74, 6) is 1.38. The van der Waals surface area contributed by atoms with Gasteiger partial charge in [-0.3, -0.25) is 10.1 Å². The molecule has 0 atom stereocenters. The number of carbonyl (C=O) groups is 1. The zero-order valence-electron chi connectivity index (χ0n) is 13.5. The number of amides is 1. The Morgan fingerprint density at radius 3 is 2.72 bits per heavy atom. The van der Waals surface area contributed by atoms with Crippen molar-refractivity contribution < 1.29 is 18.7 Å². The molecule has 4 rings (SSSR count). The Morgan fingerprint density at radius 2 is 1.88 bits per heavy atom. The monoisotopic (exact) mass is 337 g/mol. The first-order valence-corrected chi connectivity index (χ1v) is 7.76. The van der Waals surface area contributed by atoms with Gasteiger partial charge in [0.05, 0.1) is 6.42 Å². The standard InChI is InChI=1S/C18H15N3O4/c1-11-2-4-12(5-3-11)8-16(22)19-18-21-20-17(25-18)13-6-7-14-15(9-13)24-10-23-14/h2-7,9H,8,10H2,1H3,(H,19,21,22). The molecule has 0 saturated carbocycles. The van der Waals surface area contributed by atoms with E-state index in [0.717, 1.165) is 11.1 Å². The Morgan fingerprint density at radius 1 is 1.08 bits per heavy atom. The van der Waals surface area contributed by atoms with Crippen LogP contribution in [-0.4, -0.2) is 22.9 Å². The van der Waals surface area contributed by atoms with Crippen LogP contribution >= 0.6 is 0 Å². The van der Waals surface area contributed by atoms with Crippen molar-refractivity contribution in [3.63, 3.8) is 0 Å². The number of anilines is 1. The molecule has 0 spiro atoms. The minimum Gasteiger partial charge on any atom is -0.454 e. The number of aryl methyl sites for hydroxylation is 1. The number of carbonyl (C=O) groups excluding carboxylic acids is 1. The highest BCUT2D eigenvalue weighted by molar-refractivity contribution is 5.90. The first-order valence-electron chi connectivity index (χ1n) is 7.76. The molecule has 0 bridgehead atoms. The Kier molecular flexibility index (Phi) is 3.81. The Bertz CT molecular complexity index is 918. The van der Waals surface area contributed by atoms with Crippen molar-refractivity contribution in [2.75, 3.05) is 12.1 Å². The highest BCUT2D eigenvalue weighted by Crippen LogP contribution is 2.35. The predicted octanol–water partition coefficient (Wildman–Crippen LogP) is 2.95. The van der Waals surface area contributed by atoms with E-state index in [1.807, 2.05) is 31.2 Å². The van der Waals surface area contributed by atoms with Gasteiger partial charge in [-0.25, -0.2) is 0 Å². The number of ether oxygens (including phenoxy) is 2. The van der Waals surface area contributed by atoms with E-state index in [0.29, 0.717) is 23.0 Å². The highest BCUT2D eigenvalue weighted by Gasteiger charge is 2.17. The van der Waals surface area contributed by atoms with Crippen molar-refractivity contribution in [3.05, 3.63) is 53.6 Å². The number of hydrogen-bond acceptors (Lipinski definition) is 6. The van der Waals surface area contributed by atoms with Gasteiger partial charge in [0.15, 0.2) is 11.5 Å². The molecule has 0 radical (unpaired) electrons. The molecule has 0 saturated heterocycles. The van der Waals surface area contributed by atoms with Crippen LogP contribution < -0.4 is 14.8 Å². The highest BCUT2D eigenvalue weighted by atomic mass is 16.7. The van der Waals surface area contributed by atoms with E-state index < -0.39 is 0 Å². The predicted molar refractivity (Wildman–Crippen MR) is 89.4 cm³/mol. The van der Waals surface area contributed by atoms with Gasteiger partial charge in [0.1, 0.15) is 0 Å². The summed E-state index contributed by atoms with van der Waals surface area (Å²) < 4.78 is 16.1. The summed E-state index contributed by atoms with van der Waals surface area (Å²) in [6, 6.07) is 13.1. The Balaban J connectivity index is 1.44. The lowest BCUT2D eigenvalue weighted by atomic mass is 10.1. The normalized spacial score (nSPS) is 12.2. The fraction of sp³-hybridized carbons (Fsp3) is 0.167. The SMILES string of the molecule is Cc1ccc(CC(=O)Nc2nnc(-c3ccc4c(c3)OCO4)o2)cc1. The molecule has 1 N–H and O–H groups in total. The number of hydrogen-bond donors (Lipinski definition) is 1. The third kappa shape index (κ3) is 3.30. The molecular formula is C18H15N3O4. The van der Waals surface area contributed by atoms with Gasteiger partial charge in [0.25, 0.3) is 0 Å². The molecule has 2 aromatic carbocycles. The van der Waals surface area contributed by atoms with Gasteiger partial charge in [0, 0.05) is 5.56 Å². The van der Waals surface area contributed by atoms with E-state index in [1.54, 1.807) is 18.2 Å². The van der Waals surface area contributed by atoms with Crippen molar-refractivity contribution in [1.82, 2.24) is 10.2 Å². The fourth-order valence-electron chi connectivity index (χ4n) is 2.47. The first-order chi connectivity index (χ1) is 12.2. The van der Waals surface area contributed by atoms with Crippen molar-refractivity contribution in [3.8, 4) is 23.0 Å². The van der Waals surface area contributed by atoms with Crippen LogP contribution in [0.15, 0.2) is 46.9 Å². The molecule has 0 fully saturated rings. The number of nitrogens with one attached hydrogen (secondary N) is 1. The zero-order chi connectivity index (χ0) is 17.2. The molecule has 3 aromatic rings. The maximum absolute atomic E-state index is 12.1. The van der Waals surface area contributed by atoms with E-state index in [2.05, 4.69) is 15.5 Å². The largest absolute Gasteiger partial charge is 0.454 e. The molecule has 0 aliphatic carbocycles. The number of rotatable bonds is 4. The summed E-state index contributed by atoms with van der Waals surface area (Å²) >= 11 is 0. The molecule has 25 heavy (non-hydrogen) atoms. The molecule has 7 heteroatoms. The second-order valence-corrected chi connectivity index (χ2v) is 5.69. The van der Waals surface area contributed by atoms with Crippen molar-refractivity contribution >= 4 is 11.9 Å². The van der Waals surface area contributed by atoms with Crippen LogP contribution in [0.1, 0.15) is 11.1 Å². The van der Waals surface area contributed by atoms with E-state index in [4.69, 9.17) is 13.9 Å². The van der Waals surface area contributed by atoms with Gasteiger partial charge in [-0.05, 0) is 30.7 Å². The molecule has 1 aliphatic rings. The second kappa shape index (κ2) is 6.27. The van der Waals surface area contributed by atoms with Gasteiger partial charge < -0.3 is 13.9 Å². The summed E-state index contributed by atoms with van der Waals surface area (Å²) in [6.45, 7) is 2.20. The third-order valence-corrected chi connectivity index (χ3v) is 3.78. The van der Waals surface area contributed by atoms with Gasteiger partial charge >= 0.3 is 6.01 Å². The average molecular weight is 337 g/mol. The maximum atomic E-state index is 12.1. The lowest BCUT2D eigenvalue weighted by molar-refractivity contribution is -0.115. The van der Waals surface area contributed by atoms with Gasteiger partial charge in [0.2, 0.25) is 18.6 Å². The molecule has 1 amide bonds. The minimum atomic E-state index is -0.218. The summed E-state index contributed by atoms with van der Waals surface area (Å²) in [4.78, 5) is 12.1. The van der Waals surface area contributed by atoms with Crippen LogP contribution in [0, 0.1) is 6.92 Å². The van der Waals surface area contributed by atoms with Crippen molar-refractivity contribution in [2.24, 2.45) is 0 Å². The molecule has 7 nitrogen and oxygen atoms in total. The summed E-state index contributed by atoms with van der Waals surface area (Å²) in [5.41, 5.74) is 2.75. The van der Waals surface area contributed by atoms with E-state index in [9.17, 15) is 4.79 Å². The maximum Gasteiger partial charge on any atom is 0.322 e. The van der Waals surface area contributed by atoms with Crippen LogP contribution in [0.4, 0.5) is 6.01 Å². The molecular weight excluding hydrogens is 322 g/mol. The molecule has 1 aromatic heterocycles. The smallest absolute Gasteiger partial charge is 0.322 e. The van der Waals surface area contributed by atoms with E-state index in [1.165, 1.54) is 0 Å². The minimum absolute atomic E-state index is 0.0600. The van der Waals surface area contributed by atoms with E-state index >= 15 is 0 Å². The second-order valence-electron chi connectivity index (χ2n) is 5.69. The summed E-state index contributed by atoms with van der Waals surface area (Å²) in [5, 5.41) is 10.4. The lowest BCUT2D eigenvalue weighted by Crippen LogP contribution is -2.14. The third-order valence-electron chi connectivity index (χ3n) is 3.78. The van der Waals surface area contributed by atoms with Gasteiger partial charge in [-0.2, -0.15) is 0 Å². The molecule has 0 unspecified atom stereocenters. The molecule has 2 heterocycles. The van der Waals surface area contributed by atoms with Crippen LogP contribution in [0.5, 0.6) is 11.5 Å². The molecule has 1 aliphatic heterocycles. The van der Waals surface area contributed by atoms with Crippen LogP contribution in [-0.2, 0) is 11.2 Å². The van der Waals surface area contributed by atoms with Crippen LogP contribution in [0.2, 0.25) is 0 Å². The Hall–Kier alpha value is -3.35. The topological polar surface area (TPSA) is 86.5 Å². The zero-order valence-corrected chi connectivity index (χ0v) is 13.5. The summed E-state index contributed by atoms with van der Waals surface area (Å²) in [7, 11) is 0. The number of nitrogens with zero attached hydrogens (tertiary/aromatic N) is 2. The first kappa shape index (κ1) is 15.2. The van der Waals surface area contributed by atoms with Crippen molar-refractivity contribution in [2.45, 2.75) is 13.3 Å². The van der Waals surface area contributed by atoms with Gasteiger partial charge in [-0.15, -0.1) is 5.10 Å². The average Bonchev–Trinajstić information content (AvgIpc) is 3.25. The fourth-order valence-corrected chi connectivity index (χ4v) is 2.47. The summed E-state index contributed by atoms with van der Waals surface area (Å²) in [6.07, 6.45) is 0.238. The number of aromatic nitrogens is 2. The number of benzene rings is 2. The van der Waals surface area contributed by atoms with Crippen LogP contribution in [0.3, 0.4) is 0 Å².